The fourth-order valence-corrected chi connectivity index (χ4v) is 1.68. The van der Waals surface area contributed by atoms with Gasteiger partial charge in [0.2, 0.25) is 0 Å². The van der Waals surface area contributed by atoms with Crippen LogP contribution in [-0.2, 0) is 6.42 Å². The van der Waals surface area contributed by atoms with Crippen LogP contribution in [0.15, 0.2) is 41.1 Å². The molecule has 0 aliphatic heterocycles. The molecule has 0 atom stereocenters. The van der Waals surface area contributed by atoms with Gasteiger partial charge in [0, 0.05) is 23.8 Å². The summed E-state index contributed by atoms with van der Waals surface area (Å²) in [5, 5.41) is 0.740. The van der Waals surface area contributed by atoms with Crippen molar-refractivity contribution in [3.63, 3.8) is 0 Å². The van der Waals surface area contributed by atoms with Crippen LogP contribution in [0.25, 0.3) is 0 Å². The summed E-state index contributed by atoms with van der Waals surface area (Å²) in [6, 6.07) is 7.72. The molecule has 0 N–H and O–H groups in total. The molecule has 0 saturated heterocycles. The highest BCUT2D eigenvalue weighted by Gasteiger charge is 1.99. The number of hydrogen-bond acceptors (Lipinski definition) is 2. The van der Waals surface area contributed by atoms with Gasteiger partial charge in [0.15, 0.2) is 0 Å². The van der Waals surface area contributed by atoms with E-state index < -0.39 is 0 Å². The molecule has 2 nitrogen and oxygen atoms in total. The fraction of sp³-hybridized carbons (Fsp3) is 0.0909. The van der Waals surface area contributed by atoms with Gasteiger partial charge < -0.3 is 0 Å². The van der Waals surface area contributed by atoms with E-state index in [2.05, 4.69) is 25.9 Å². The van der Waals surface area contributed by atoms with Crippen LogP contribution in [0.1, 0.15) is 11.4 Å². The molecular weight excluding hydrogens is 275 g/mol. The van der Waals surface area contributed by atoms with Crippen molar-refractivity contribution in [2.24, 2.45) is 0 Å². The Morgan fingerprint density at radius 1 is 1.20 bits per heavy atom. The number of aromatic nitrogens is 2. The lowest BCUT2D eigenvalue weighted by Crippen LogP contribution is -1.95. The largest absolute Gasteiger partial charge is 0.240 e. The normalized spacial score (nSPS) is 10.3. The first-order valence-corrected chi connectivity index (χ1v) is 5.62. The Hall–Kier alpha value is -0.930. The first-order valence-electron chi connectivity index (χ1n) is 4.45. The fourth-order valence-electron chi connectivity index (χ4n) is 1.26. The minimum Gasteiger partial charge on any atom is -0.240 e. The summed E-state index contributed by atoms with van der Waals surface area (Å²) >= 11 is 9.18. The van der Waals surface area contributed by atoms with E-state index in [0.29, 0.717) is 6.42 Å². The zero-order valence-electron chi connectivity index (χ0n) is 7.82. The SMILES string of the molecule is Clc1cccc(Cc2ncc(Br)cn2)c1. The molecule has 1 aromatic carbocycles. The molecule has 2 aromatic rings. The Kier molecular flexibility index (Phi) is 3.34. The van der Waals surface area contributed by atoms with E-state index in [9.17, 15) is 0 Å². The molecule has 2 rings (SSSR count). The topological polar surface area (TPSA) is 25.8 Å². The van der Waals surface area contributed by atoms with Crippen molar-refractivity contribution in [1.29, 1.82) is 0 Å². The molecular formula is C11H8BrClN2. The van der Waals surface area contributed by atoms with E-state index in [1.807, 2.05) is 24.3 Å². The predicted molar refractivity (Wildman–Crippen MR) is 64.0 cm³/mol. The molecule has 76 valence electrons. The second kappa shape index (κ2) is 4.73. The van der Waals surface area contributed by atoms with Gasteiger partial charge in [-0.2, -0.15) is 0 Å². The first-order chi connectivity index (χ1) is 7.24. The van der Waals surface area contributed by atoms with Crippen molar-refractivity contribution in [2.45, 2.75) is 6.42 Å². The van der Waals surface area contributed by atoms with E-state index in [0.717, 1.165) is 20.9 Å². The summed E-state index contributed by atoms with van der Waals surface area (Å²) < 4.78 is 0.886. The molecule has 1 heterocycles. The average molecular weight is 284 g/mol. The molecule has 1 aromatic heterocycles. The van der Waals surface area contributed by atoms with E-state index in [4.69, 9.17) is 11.6 Å². The maximum atomic E-state index is 5.89. The second-order valence-corrected chi connectivity index (χ2v) is 4.48. The van der Waals surface area contributed by atoms with Crippen molar-refractivity contribution < 1.29 is 0 Å². The van der Waals surface area contributed by atoms with Crippen molar-refractivity contribution in [3.8, 4) is 0 Å². The van der Waals surface area contributed by atoms with Gasteiger partial charge in [0.1, 0.15) is 5.82 Å². The molecule has 0 unspecified atom stereocenters. The smallest absolute Gasteiger partial charge is 0.132 e. The highest BCUT2D eigenvalue weighted by Crippen LogP contribution is 2.13. The third-order valence-electron chi connectivity index (χ3n) is 1.93. The summed E-state index contributed by atoms with van der Waals surface area (Å²) in [6.45, 7) is 0. The lowest BCUT2D eigenvalue weighted by atomic mass is 10.1. The average Bonchev–Trinajstić information content (AvgIpc) is 2.22. The maximum Gasteiger partial charge on any atom is 0.132 e. The molecule has 4 heteroatoms. The second-order valence-electron chi connectivity index (χ2n) is 3.12. The van der Waals surface area contributed by atoms with Crippen LogP contribution >= 0.6 is 27.5 Å². The van der Waals surface area contributed by atoms with Crippen LogP contribution < -0.4 is 0 Å². The Morgan fingerprint density at radius 2 is 1.93 bits per heavy atom. The number of halogens is 2. The summed E-state index contributed by atoms with van der Waals surface area (Å²) in [4.78, 5) is 8.40. The minimum absolute atomic E-state index is 0.702. The molecule has 15 heavy (non-hydrogen) atoms. The highest BCUT2D eigenvalue weighted by atomic mass is 79.9. The summed E-state index contributed by atoms with van der Waals surface area (Å²) in [5.41, 5.74) is 1.12. The van der Waals surface area contributed by atoms with Gasteiger partial charge in [-0.15, -0.1) is 0 Å². The van der Waals surface area contributed by atoms with Gasteiger partial charge in [-0.25, -0.2) is 9.97 Å². The Labute approximate surface area is 101 Å². The molecule has 0 radical (unpaired) electrons. The van der Waals surface area contributed by atoms with Crippen molar-refractivity contribution in [3.05, 3.63) is 57.5 Å². The molecule has 0 aliphatic carbocycles. The number of benzene rings is 1. The standard InChI is InChI=1S/C11H8BrClN2/c12-9-6-14-11(15-7-9)5-8-2-1-3-10(13)4-8/h1-4,6-7H,5H2. The van der Waals surface area contributed by atoms with Crippen LogP contribution in [0.4, 0.5) is 0 Å². The highest BCUT2D eigenvalue weighted by molar-refractivity contribution is 9.10. The van der Waals surface area contributed by atoms with Gasteiger partial charge in [-0.3, -0.25) is 0 Å². The third kappa shape index (κ3) is 3.01. The molecule has 0 fully saturated rings. The maximum absolute atomic E-state index is 5.89. The lowest BCUT2D eigenvalue weighted by Gasteiger charge is -2.00. The van der Waals surface area contributed by atoms with Crippen LogP contribution in [-0.4, -0.2) is 9.97 Å². The summed E-state index contributed by atoms with van der Waals surface area (Å²) in [6.07, 6.45) is 4.19. The molecule has 0 amide bonds. The number of hydrogen-bond donors (Lipinski definition) is 0. The van der Waals surface area contributed by atoms with Gasteiger partial charge in [-0.05, 0) is 33.6 Å². The van der Waals surface area contributed by atoms with Gasteiger partial charge in [0.25, 0.3) is 0 Å². The Bertz CT molecular complexity index is 456. The molecule has 0 saturated carbocycles. The van der Waals surface area contributed by atoms with Crippen LogP contribution in [0, 0.1) is 0 Å². The van der Waals surface area contributed by atoms with Gasteiger partial charge >= 0.3 is 0 Å². The number of rotatable bonds is 2. The van der Waals surface area contributed by atoms with Gasteiger partial charge in [-0.1, -0.05) is 23.7 Å². The summed E-state index contributed by atoms with van der Waals surface area (Å²) in [7, 11) is 0. The minimum atomic E-state index is 0.702. The van der Waals surface area contributed by atoms with Crippen molar-refractivity contribution in [2.75, 3.05) is 0 Å². The molecule has 0 aliphatic rings. The zero-order chi connectivity index (χ0) is 10.7. The first kappa shape index (κ1) is 10.6. The molecule has 0 bridgehead atoms. The van der Waals surface area contributed by atoms with Crippen molar-refractivity contribution in [1.82, 2.24) is 9.97 Å². The van der Waals surface area contributed by atoms with Crippen molar-refractivity contribution >= 4 is 27.5 Å². The predicted octanol–water partition coefficient (Wildman–Crippen LogP) is 3.48. The Morgan fingerprint density at radius 3 is 2.60 bits per heavy atom. The van der Waals surface area contributed by atoms with E-state index in [1.165, 1.54) is 0 Å². The summed E-state index contributed by atoms with van der Waals surface area (Å²) in [5.74, 6) is 0.792. The van der Waals surface area contributed by atoms with E-state index in [1.54, 1.807) is 12.4 Å². The lowest BCUT2D eigenvalue weighted by molar-refractivity contribution is 0.962. The van der Waals surface area contributed by atoms with E-state index >= 15 is 0 Å². The van der Waals surface area contributed by atoms with E-state index in [-0.39, 0.29) is 0 Å². The third-order valence-corrected chi connectivity index (χ3v) is 2.57. The number of nitrogens with zero attached hydrogens (tertiary/aromatic N) is 2. The zero-order valence-corrected chi connectivity index (χ0v) is 10.2. The molecule has 0 spiro atoms. The monoisotopic (exact) mass is 282 g/mol. The van der Waals surface area contributed by atoms with Gasteiger partial charge in [0.05, 0.1) is 4.47 Å². The Balaban J connectivity index is 2.18. The van der Waals surface area contributed by atoms with Crippen LogP contribution in [0.3, 0.4) is 0 Å². The quantitative estimate of drug-likeness (QED) is 0.843. The van der Waals surface area contributed by atoms with Crippen LogP contribution in [0.2, 0.25) is 5.02 Å². The van der Waals surface area contributed by atoms with Crippen LogP contribution in [0.5, 0.6) is 0 Å².